The van der Waals surface area contributed by atoms with Crippen LogP contribution < -0.4 is 0 Å². The molecule has 0 aliphatic rings. The monoisotopic (exact) mass is 224 g/mol. The van der Waals surface area contributed by atoms with Gasteiger partial charge in [-0.3, -0.25) is 4.57 Å². The standard InChI is InChI=1S/C9H21O4P/c1-2-7-13-14(12,8-3-5-10)9-4-6-11/h10-11H,2-9H2,1H3. The van der Waals surface area contributed by atoms with Gasteiger partial charge in [0.2, 0.25) is 7.37 Å². The molecule has 0 aromatic carbocycles. The van der Waals surface area contributed by atoms with E-state index in [1.807, 2.05) is 6.92 Å². The summed E-state index contributed by atoms with van der Waals surface area (Å²) >= 11 is 0. The molecule has 0 aromatic rings. The maximum Gasteiger partial charge on any atom is 0.203 e. The average Bonchev–Trinajstić information content (AvgIpc) is 2.21. The molecule has 0 atom stereocenters. The molecule has 0 radical (unpaired) electrons. The van der Waals surface area contributed by atoms with Crippen molar-refractivity contribution in [3.05, 3.63) is 0 Å². The SMILES string of the molecule is CCCOP(=O)(CCCO)CCCO. The van der Waals surface area contributed by atoms with E-state index in [0.717, 1.165) is 6.42 Å². The summed E-state index contributed by atoms with van der Waals surface area (Å²) in [5.74, 6) is 0. The van der Waals surface area contributed by atoms with Crippen LogP contribution >= 0.6 is 7.37 Å². The van der Waals surface area contributed by atoms with Gasteiger partial charge in [0.1, 0.15) is 0 Å². The highest BCUT2D eigenvalue weighted by Crippen LogP contribution is 2.47. The van der Waals surface area contributed by atoms with E-state index < -0.39 is 7.37 Å². The van der Waals surface area contributed by atoms with Gasteiger partial charge in [-0.25, -0.2) is 0 Å². The Morgan fingerprint density at radius 1 is 1.14 bits per heavy atom. The second kappa shape index (κ2) is 8.42. The lowest BCUT2D eigenvalue weighted by Gasteiger charge is -2.17. The van der Waals surface area contributed by atoms with Gasteiger partial charge in [-0.15, -0.1) is 0 Å². The first kappa shape index (κ1) is 14.1. The molecule has 0 aliphatic heterocycles. The maximum atomic E-state index is 12.0. The van der Waals surface area contributed by atoms with Crippen LogP contribution in [0.15, 0.2) is 0 Å². The normalized spacial score (nSPS) is 11.9. The molecule has 0 unspecified atom stereocenters. The first-order chi connectivity index (χ1) is 6.68. The highest BCUT2D eigenvalue weighted by molar-refractivity contribution is 7.58. The minimum Gasteiger partial charge on any atom is -0.396 e. The van der Waals surface area contributed by atoms with Crippen LogP contribution in [0.25, 0.3) is 0 Å². The molecule has 0 heterocycles. The summed E-state index contributed by atoms with van der Waals surface area (Å²) in [5.41, 5.74) is 0. The molecule has 0 bridgehead atoms. The van der Waals surface area contributed by atoms with E-state index in [1.165, 1.54) is 0 Å². The summed E-state index contributed by atoms with van der Waals surface area (Å²) in [4.78, 5) is 0. The minimum absolute atomic E-state index is 0.0403. The summed E-state index contributed by atoms with van der Waals surface area (Å²) in [5, 5.41) is 17.3. The molecule has 2 N–H and O–H groups in total. The predicted octanol–water partition coefficient (Wildman–Crippen LogP) is 1.46. The molecule has 0 fully saturated rings. The number of aliphatic hydroxyl groups excluding tert-OH is 2. The van der Waals surface area contributed by atoms with E-state index in [2.05, 4.69) is 0 Å². The second-order valence-corrected chi connectivity index (χ2v) is 6.03. The zero-order valence-corrected chi connectivity index (χ0v) is 9.71. The van der Waals surface area contributed by atoms with Gasteiger partial charge in [-0.2, -0.15) is 0 Å². The average molecular weight is 224 g/mol. The van der Waals surface area contributed by atoms with Crippen molar-refractivity contribution in [1.29, 1.82) is 0 Å². The van der Waals surface area contributed by atoms with Crippen LogP contribution in [0.3, 0.4) is 0 Å². The largest absolute Gasteiger partial charge is 0.396 e. The van der Waals surface area contributed by atoms with Gasteiger partial charge in [0.15, 0.2) is 0 Å². The van der Waals surface area contributed by atoms with Gasteiger partial charge in [0.25, 0.3) is 0 Å². The molecule has 0 aliphatic carbocycles. The van der Waals surface area contributed by atoms with E-state index >= 15 is 0 Å². The predicted molar refractivity (Wildman–Crippen MR) is 57.0 cm³/mol. The van der Waals surface area contributed by atoms with Gasteiger partial charge in [-0.1, -0.05) is 6.92 Å². The first-order valence-electron chi connectivity index (χ1n) is 5.13. The van der Waals surface area contributed by atoms with Crippen LogP contribution in [-0.2, 0) is 9.09 Å². The zero-order valence-electron chi connectivity index (χ0n) is 8.81. The molecular formula is C9H21O4P. The van der Waals surface area contributed by atoms with E-state index in [9.17, 15) is 4.57 Å². The third kappa shape index (κ3) is 6.55. The molecule has 0 aromatic heterocycles. The van der Waals surface area contributed by atoms with Gasteiger partial charge in [0.05, 0.1) is 6.61 Å². The van der Waals surface area contributed by atoms with Crippen LogP contribution in [0.5, 0.6) is 0 Å². The fourth-order valence-electron chi connectivity index (χ4n) is 1.12. The number of aliphatic hydroxyl groups is 2. The topological polar surface area (TPSA) is 66.8 Å². The van der Waals surface area contributed by atoms with E-state index in [1.54, 1.807) is 0 Å². The molecule has 4 nitrogen and oxygen atoms in total. The number of hydrogen-bond donors (Lipinski definition) is 2. The van der Waals surface area contributed by atoms with Crippen LogP contribution in [0.4, 0.5) is 0 Å². The van der Waals surface area contributed by atoms with Crippen molar-refractivity contribution in [2.24, 2.45) is 0 Å². The van der Waals surface area contributed by atoms with Crippen molar-refractivity contribution >= 4 is 7.37 Å². The molecule has 0 amide bonds. The third-order valence-corrected chi connectivity index (χ3v) is 4.49. The highest BCUT2D eigenvalue weighted by atomic mass is 31.2. The van der Waals surface area contributed by atoms with Gasteiger partial charge < -0.3 is 14.7 Å². The number of rotatable bonds is 9. The smallest absolute Gasteiger partial charge is 0.203 e. The van der Waals surface area contributed by atoms with Crippen molar-refractivity contribution in [1.82, 2.24) is 0 Å². The lowest BCUT2D eigenvalue weighted by atomic mass is 10.5. The lowest BCUT2D eigenvalue weighted by Crippen LogP contribution is -2.04. The Labute approximate surface area is 85.7 Å². The summed E-state index contributed by atoms with van der Waals surface area (Å²) < 4.78 is 17.4. The Bertz CT molecular complexity index is 144. The second-order valence-electron chi connectivity index (χ2n) is 3.25. The Hall–Kier alpha value is 0.110. The molecule has 0 rings (SSSR count). The molecule has 0 saturated heterocycles. The fourth-order valence-corrected chi connectivity index (χ4v) is 3.37. The molecule has 5 heteroatoms. The quantitative estimate of drug-likeness (QED) is 0.582. The Morgan fingerprint density at radius 3 is 2.00 bits per heavy atom. The minimum atomic E-state index is -2.59. The number of hydrogen-bond acceptors (Lipinski definition) is 4. The fraction of sp³-hybridized carbons (Fsp3) is 1.00. The van der Waals surface area contributed by atoms with Crippen molar-refractivity contribution in [3.63, 3.8) is 0 Å². The Morgan fingerprint density at radius 2 is 1.64 bits per heavy atom. The molecule has 0 saturated carbocycles. The van der Waals surface area contributed by atoms with Crippen molar-refractivity contribution in [3.8, 4) is 0 Å². The van der Waals surface area contributed by atoms with E-state index in [0.29, 0.717) is 31.8 Å². The molecular weight excluding hydrogens is 203 g/mol. The van der Waals surface area contributed by atoms with Crippen LogP contribution in [-0.4, -0.2) is 42.4 Å². The lowest BCUT2D eigenvalue weighted by molar-refractivity contribution is 0.276. The van der Waals surface area contributed by atoms with Crippen LogP contribution in [0, 0.1) is 0 Å². The van der Waals surface area contributed by atoms with Crippen LogP contribution in [0.1, 0.15) is 26.2 Å². The van der Waals surface area contributed by atoms with Gasteiger partial charge in [-0.05, 0) is 19.3 Å². The molecule has 14 heavy (non-hydrogen) atoms. The van der Waals surface area contributed by atoms with Crippen molar-refractivity contribution < 1.29 is 19.3 Å². The Balaban J connectivity index is 3.97. The van der Waals surface area contributed by atoms with Gasteiger partial charge >= 0.3 is 0 Å². The third-order valence-electron chi connectivity index (χ3n) is 1.84. The molecule has 0 spiro atoms. The maximum absolute atomic E-state index is 12.0. The summed E-state index contributed by atoms with van der Waals surface area (Å²) in [7, 11) is -2.59. The van der Waals surface area contributed by atoms with Crippen LogP contribution in [0.2, 0.25) is 0 Å². The summed E-state index contributed by atoms with van der Waals surface area (Å²) in [6.07, 6.45) is 2.69. The summed E-state index contributed by atoms with van der Waals surface area (Å²) in [6, 6.07) is 0. The van der Waals surface area contributed by atoms with Crippen molar-refractivity contribution in [2.75, 3.05) is 32.1 Å². The van der Waals surface area contributed by atoms with E-state index in [4.69, 9.17) is 14.7 Å². The van der Waals surface area contributed by atoms with Gasteiger partial charge in [0, 0.05) is 25.5 Å². The summed E-state index contributed by atoms with van der Waals surface area (Å²) in [6.45, 7) is 2.54. The zero-order chi connectivity index (χ0) is 10.9. The van der Waals surface area contributed by atoms with E-state index in [-0.39, 0.29) is 13.2 Å². The highest BCUT2D eigenvalue weighted by Gasteiger charge is 2.21. The van der Waals surface area contributed by atoms with Crippen molar-refractivity contribution in [2.45, 2.75) is 26.2 Å². The Kier molecular flexibility index (Phi) is 8.49. The first-order valence-corrected chi connectivity index (χ1v) is 7.12. The molecule has 86 valence electrons.